The maximum Gasteiger partial charge on any atom is 0.120 e. The first-order valence-corrected chi connectivity index (χ1v) is 7.26. The van der Waals surface area contributed by atoms with Crippen LogP contribution in [-0.2, 0) is 0 Å². The Labute approximate surface area is 134 Å². The van der Waals surface area contributed by atoms with Crippen molar-refractivity contribution < 1.29 is 9.47 Å². The number of fused-ring (bicyclic) bond motifs is 1. The van der Waals surface area contributed by atoms with E-state index in [1.807, 2.05) is 42.5 Å². The molecule has 0 aliphatic rings. The number of H-pyrrole nitrogens is 1. The van der Waals surface area contributed by atoms with Crippen LogP contribution in [0.15, 0.2) is 42.5 Å². The lowest BCUT2D eigenvalue weighted by Gasteiger charge is -2.02. The number of hydrogen-bond acceptors (Lipinski definition) is 2. The number of aromatic nitrogens is 1. The molecule has 0 saturated carbocycles. The third-order valence-electron chi connectivity index (χ3n) is 3.50. The highest BCUT2D eigenvalue weighted by atomic mass is 35.5. The molecule has 3 nitrogen and oxygen atoms in total. The molecule has 0 atom stereocenters. The van der Waals surface area contributed by atoms with Crippen LogP contribution in [0.2, 0.25) is 5.02 Å². The molecule has 0 saturated heterocycles. The number of nitrogens with one attached hydrogen (secondary N) is 1. The van der Waals surface area contributed by atoms with Crippen LogP contribution < -0.4 is 9.47 Å². The van der Waals surface area contributed by atoms with Crippen LogP contribution in [0.4, 0.5) is 0 Å². The van der Waals surface area contributed by atoms with Gasteiger partial charge in [0.15, 0.2) is 0 Å². The lowest BCUT2D eigenvalue weighted by molar-refractivity contribution is 0.415. The van der Waals surface area contributed by atoms with Crippen molar-refractivity contribution in [2.24, 2.45) is 0 Å². The average Bonchev–Trinajstić information content (AvgIpc) is 2.95. The summed E-state index contributed by atoms with van der Waals surface area (Å²) in [4.78, 5) is 3.35. The highest BCUT2D eigenvalue weighted by molar-refractivity contribution is 6.32. The predicted octanol–water partition coefficient (Wildman–Crippen LogP) is 5.01. The molecular formula is C18H16ClNO2. The van der Waals surface area contributed by atoms with Gasteiger partial charge in [-0.25, -0.2) is 0 Å². The van der Waals surface area contributed by atoms with Crippen molar-refractivity contribution in [3.63, 3.8) is 0 Å². The van der Waals surface area contributed by atoms with Gasteiger partial charge in [-0.2, -0.15) is 0 Å². The number of benzene rings is 2. The van der Waals surface area contributed by atoms with Gasteiger partial charge in [0.1, 0.15) is 11.5 Å². The van der Waals surface area contributed by atoms with Crippen molar-refractivity contribution in [2.75, 3.05) is 14.2 Å². The normalized spacial score (nSPS) is 11.2. The van der Waals surface area contributed by atoms with E-state index in [-0.39, 0.29) is 0 Å². The third kappa shape index (κ3) is 2.95. The summed E-state index contributed by atoms with van der Waals surface area (Å²) in [6, 6.07) is 13.6. The molecule has 2 aromatic carbocycles. The molecule has 0 fully saturated rings. The summed E-state index contributed by atoms with van der Waals surface area (Å²) in [5.41, 5.74) is 3.02. The monoisotopic (exact) mass is 313 g/mol. The molecule has 0 aliphatic carbocycles. The Morgan fingerprint density at radius 2 is 1.64 bits per heavy atom. The Bertz CT molecular complexity index is 836. The molecule has 0 aliphatic heterocycles. The van der Waals surface area contributed by atoms with Gasteiger partial charge in [0, 0.05) is 16.6 Å². The molecule has 3 rings (SSSR count). The maximum absolute atomic E-state index is 6.23. The van der Waals surface area contributed by atoms with Crippen molar-refractivity contribution in [3.05, 3.63) is 58.7 Å². The van der Waals surface area contributed by atoms with Crippen LogP contribution >= 0.6 is 11.6 Å². The second-order valence-corrected chi connectivity index (χ2v) is 5.31. The van der Waals surface area contributed by atoms with E-state index < -0.39 is 0 Å². The number of methoxy groups -OCH3 is 2. The Balaban J connectivity index is 1.89. The van der Waals surface area contributed by atoms with Crippen LogP contribution in [-0.4, -0.2) is 19.2 Å². The van der Waals surface area contributed by atoms with Gasteiger partial charge in [-0.05, 0) is 54.1 Å². The fourth-order valence-electron chi connectivity index (χ4n) is 2.30. The number of hydrogen-bond donors (Lipinski definition) is 1. The van der Waals surface area contributed by atoms with E-state index in [9.17, 15) is 0 Å². The minimum Gasteiger partial charge on any atom is -0.497 e. The van der Waals surface area contributed by atoms with Crippen molar-refractivity contribution >= 4 is 34.7 Å². The molecular weight excluding hydrogens is 298 g/mol. The Morgan fingerprint density at radius 1 is 0.909 bits per heavy atom. The zero-order valence-electron chi connectivity index (χ0n) is 12.4. The summed E-state index contributed by atoms with van der Waals surface area (Å²) in [5.74, 6) is 1.60. The highest BCUT2D eigenvalue weighted by Crippen LogP contribution is 2.25. The lowest BCUT2D eigenvalue weighted by Crippen LogP contribution is -1.83. The van der Waals surface area contributed by atoms with E-state index in [0.29, 0.717) is 5.02 Å². The summed E-state index contributed by atoms with van der Waals surface area (Å²) in [6.07, 6.45) is 3.98. The van der Waals surface area contributed by atoms with Gasteiger partial charge in [0.05, 0.1) is 19.2 Å². The largest absolute Gasteiger partial charge is 0.497 e. The summed E-state index contributed by atoms with van der Waals surface area (Å²) in [5, 5.41) is 1.77. The second kappa shape index (κ2) is 6.16. The van der Waals surface area contributed by atoms with E-state index >= 15 is 0 Å². The summed E-state index contributed by atoms with van der Waals surface area (Å²) in [7, 11) is 3.29. The first-order valence-electron chi connectivity index (χ1n) is 6.88. The molecule has 22 heavy (non-hydrogen) atoms. The first kappa shape index (κ1) is 14.5. The minimum atomic E-state index is 0.661. The smallest absolute Gasteiger partial charge is 0.120 e. The molecule has 1 aromatic heterocycles. The van der Waals surface area contributed by atoms with E-state index in [4.69, 9.17) is 21.1 Å². The van der Waals surface area contributed by atoms with Crippen LogP contribution in [0.1, 0.15) is 11.3 Å². The Kier molecular flexibility index (Phi) is 4.07. The van der Waals surface area contributed by atoms with Crippen molar-refractivity contribution in [3.8, 4) is 11.5 Å². The number of halogens is 1. The maximum atomic E-state index is 6.23. The van der Waals surface area contributed by atoms with Crippen molar-refractivity contribution in [1.29, 1.82) is 0 Å². The Hall–Kier alpha value is -2.39. The van der Waals surface area contributed by atoms with E-state index in [2.05, 4.69) is 11.1 Å². The Morgan fingerprint density at radius 3 is 2.36 bits per heavy atom. The van der Waals surface area contributed by atoms with Crippen LogP contribution in [0.25, 0.3) is 23.1 Å². The van der Waals surface area contributed by atoms with Crippen molar-refractivity contribution in [2.45, 2.75) is 0 Å². The SMILES string of the molecule is COc1ccc(C=Cc2cc3cc(OC)ccc3[nH]2)c(Cl)c1. The summed E-state index contributed by atoms with van der Waals surface area (Å²) >= 11 is 6.23. The molecule has 0 bridgehead atoms. The molecule has 3 aromatic rings. The summed E-state index contributed by atoms with van der Waals surface area (Å²) < 4.78 is 10.4. The summed E-state index contributed by atoms with van der Waals surface area (Å²) in [6.45, 7) is 0. The highest BCUT2D eigenvalue weighted by Gasteiger charge is 2.02. The van der Waals surface area contributed by atoms with E-state index in [0.717, 1.165) is 33.7 Å². The number of ether oxygens (including phenoxy) is 2. The third-order valence-corrected chi connectivity index (χ3v) is 3.83. The standard InChI is InChI=1S/C18H16ClNO2/c1-21-15-7-8-18-13(10-15)9-14(20-18)5-3-12-4-6-16(22-2)11-17(12)19/h3-11,20H,1-2H3. The molecule has 1 N–H and O–H groups in total. The van der Waals surface area contributed by atoms with Gasteiger partial charge >= 0.3 is 0 Å². The van der Waals surface area contributed by atoms with Gasteiger partial charge in [-0.15, -0.1) is 0 Å². The molecule has 112 valence electrons. The van der Waals surface area contributed by atoms with E-state index in [1.165, 1.54) is 0 Å². The molecule has 0 spiro atoms. The number of rotatable bonds is 4. The van der Waals surface area contributed by atoms with Crippen LogP contribution in [0, 0.1) is 0 Å². The fourth-order valence-corrected chi connectivity index (χ4v) is 2.53. The van der Waals surface area contributed by atoms with Gasteiger partial charge < -0.3 is 14.5 Å². The van der Waals surface area contributed by atoms with Gasteiger partial charge in [-0.1, -0.05) is 17.7 Å². The molecule has 0 amide bonds. The van der Waals surface area contributed by atoms with Crippen LogP contribution in [0.5, 0.6) is 11.5 Å². The van der Waals surface area contributed by atoms with Gasteiger partial charge in [-0.3, -0.25) is 0 Å². The average molecular weight is 314 g/mol. The van der Waals surface area contributed by atoms with E-state index in [1.54, 1.807) is 20.3 Å². The topological polar surface area (TPSA) is 34.2 Å². The quantitative estimate of drug-likeness (QED) is 0.734. The van der Waals surface area contributed by atoms with Crippen LogP contribution in [0.3, 0.4) is 0 Å². The zero-order chi connectivity index (χ0) is 15.5. The molecule has 4 heteroatoms. The number of aromatic amines is 1. The molecule has 0 radical (unpaired) electrons. The second-order valence-electron chi connectivity index (χ2n) is 4.90. The minimum absolute atomic E-state index is 0.661. The molecule has 0 unspecified atom stereocenters. The van der Waals surface area contributed by atoms with Gasteiger partial charge in [0.2, 0.25) is 0 Å². The molecule has 1 heterocycles. The van der Waals surface area contributed by atoms with Crippen molar-refractivity contribution in [1.82, 2.24) is 4.98 Å². The first-order chi connectivity index (χ1) is 10.7. The predicted molar refractivity (Wildman–Crippen MR) is 91.8 cm³/mol. The zero-order valence-corrected chi connectivity index (χ0v) is 13.1. The fraction of sp³-hybridized carbons (Fsp3) is 0.111. The lowest BCUT2D eigenvalue weighted by atomic mass is 10.2. The van der Waals surface area contributed by atoms with Gasteiger partial charge in [0.25, 0.3) is 0 Å².